The van der Waals surface area contributed by atoms with Crippen LogP contribution in [0.15, 0.2) is 71.6 Å². The molecule has 3 aromatic rings. The number of rotatable bonds is 6. The van der Waals surface area contributed by atoms with E-state index < -0.39 is 28.0 Å². The Kier molecular flexibility index (Phi) is 8.62. The maximum atomic E-state index is 13.6. The van der Waals surface area contributed by atoms with Crippen molar-refractivity contribution in [3.63, 3.8) is 0 Å². The van der Waals surface area contributed by atoms with Crippen LogP contribution >= 0.6 is 23.2 Å². The molecule has 3 amide bonds. The van der Waals surface area contributed by atoms with Crippen LogP contribution in [0.25, 0.3) is 0 Å². The molecule has 200 valence electrons. The molecule has 0 saturated carbocycles. The first-order chi connectivity index (χ1) is 18.0. The van der Waals surface area contributed by atoms with Crippen LogP contribution in [0.4, 0.5) is 10.5 Å². The molecule has 2 N–H and O–H groups in total. The van der Waals surface area contributed by atoms with Crippen molar-refractivity contribution in [2.45, 2.75) is 31.3 Å². The number of anilines is 1. The van der Waals surface area contributed by atoms with Crippen molar-refractivity contribution in [2.75, 3.05) is 25.0 Å². The van der Waals surface area contributed by atoms with E-state index in [-0.39, 0.29) is 36.1 Å². The standard InChI is InChI=1S/C27H28Cl2N4O4S/c1-18-3-7-20(8-4-18)16-30-26(34)25-17-32(27(35)31-24-12-9-21(28)15-23(24)29)13-14-33(25)38(36,37)22-10-5-19(2)6-11-22/h3-12,15,25H,13-14,16-17H2,1-2H3,(H,30,34)(H,31,35). The Bertz CT molecular complexity index is 1430. The number of carbonyl (C=O) groups is 2. The van der Waals surface area contributed by atoms with Crippen LogP contribution in [-0.2, 0) is 21.4 Å². The van der Waals surface area contributed by atoms with Crippen LogP contribution in [0.1, 0.15) is 16.7 Å². The fourth-order valence-corrected chi connectivity index (χ4v) is 6.12. The second-order valence-corrected chi connectivity index (χ2v) is 11.9. The molecule has 1 unspecified atom stereocenters. The van der Waals surface area contributed by atoms with Crippen LogP contribution < -0.4 is 10.6 Å². The monoisotopic (exact) mass is 574 g/mol. The summed E-state index contributed by atoms with van der Waals surface area (Å²) in [7, 11) is -4.00. The van der Waals surface area contributed by atoms with Gasteiger partial charge in [-0.3, -0.25) is 4.79 Å². The minimum atomic E-state index is -4.00. The molecular formula is C27H28Cl2N4O4S. The first-order valence-corrected chi connectivity index (χ1v) is 14.2. The minimum absolute atomic E-state index is 0.0550. The molecule has 1 heterocycles. The second-order valence-electron chi connectivity index (χ2n) is 9.15. The van der Waals surface area contributed by atoms with Gasteiger partial charge in [0, 0.05) is 31.2 Å². The van der Waals surface area contributed by atoms with Crippen LogP contribution in [0.2, 0.25) is 10.0 Å². The SMILES string of the molecule is Cc1ccc(CNC(=O)C2CN(C(=O)Nc3ccc(Cl)cc3Cl)CCN2S(=O)(=O)c2ccc(C)cc2)cc1. The minimum Gasteiger partial charge on any atom is -0.351 e. The van der Waals surface area contributed by atoms with Gasteiger partial charge in [0.25, 0.3) is 0 Å². The molecule has 1 aliphatic rings. The van der Waals surface area contributed by atoms with Gasteiger partial charge in [-0.1, -0.05) is 70.7 Å². The molecule has 0 radical (unpaired) electrons. The van der Waals surface area contributed by atoms with Crippen LogP contribution in [0.5, 0.6) is 0 Å². The predicted molar refractivity (Wildman–Crippen MR) is 149 cm³/mol. The van der Waals surface area contributed by atoms with Gasteiger partial charge in [0.15, 0.2) is 0 Å². The third-order valence-electron chi connectivity index (χ3n) is 6.31. The summed E-state index contributed by atoms with van der Waals surface area (Å²) in [6.07, 6.45) is 0. The van der Waals surface area contributed by atoms with E-state index in [1.807, 2.05) is 38.1 Å². The normalized spacial score (nSPS) is 16.2. The Morgan fingerprint density at radius 1 is 0.921 bits per heavy atom. The van der Waals surface area contributed by atoms with Gasteiger partial charge in [-0.25, -0.2) is 13.2 Å². The number of amides is 3. The average molecular weight is 576 g/mol. The zero-order valence-corrected chi connectivity index (χ0v) is 23.3. The Balaban J connectivity index is 1.56. The summed E-state index contributed by atoms with van der Waals surface area (Å²) < 4.78 is 28.3. The molecular weight excluding hydrogens is 547 g/mol. The van der Waals surface area contributed by atoms with Gasteiger partial charge in [-0.15, -0.1) is 0 Å². The van der Waals surface area contributed by atoms with E-state index in [0.29, 0.717) is 10.7 Å². The van der Waals surface area contributed by atoms with Gasteiger partial charge in [-0.05, 0) is 49.7 Å². The third kappa shape index (κ3) is 6.47. The number of sulfonamides is 1. The van der Waals surface area contributed by atoms with E-state index in [2.05, 4.69) is 10.6 Å². The Hall–Kier alpha value is -3.11. The summed E-state index contributed by atoms with van der Waals surface area (Å²) in [6, 6.07) is 17.2. The number of carbonyl (C=O) groups excluding carboxylic acids is 2. The smallest absolute Gasteiger partial charge is 0.321 e. The molecule has 0 spiro atoms. The molecule has 0 aliphatic carbocycles. The topological polar surface area (TPSA) is 98.8 Å². The van der Waals surface area contributed by atoms with Gasteiger partial charge < -0.3 is 15.5 Å². The molecule has 0 aromatic heterocycles. The zero-order valence-electron chi connectivity index (χ0n) is 20.9. The number of aryl methyl sites for hydroxylation is 2. The Labute approximate surface area is 232 Å². The van der Waals surface area contributed by atoms with Crippen molar-refractivity contribution in [3.8, 4) is 0 Å². The Morgan fingerprint density at radius 2 is 1.55 bits per heavy atom. The molecule has 0 bridgehead atoms. The van der Waals surface area contributed by atoms with Gasteiger partial charge in [0.1, 0.15) is 6.04 Å². The largest absolute Gasteiger partial charge is 0.351 e. The first kappa shape index (κ1) is 27.9. The lowest BCUT2D eigenvalue weighted by atomic mass is 10.1. The summed E-state index contributed by atoms with van der Waals surface area (Å²) in [4.78, 5) is 28.0. The number of nitrogens with zero attached hydrogens (tertiary/aromatic N) is 2. The number of urea groups is 1. The van der Waals surface area contributed by atoms with Crippen LogP contribution in [-0.4, -0.2) is 55.2 Å². The molecule has 4 rings (SSSR count). The lowest BCUT2D eigenvalue weighted by Crippen LogP contribution is -2.61. The van der Waals surface area contributed by atoms with Crippen LogP contribution in [0, 0.1) is 13.8 Å². The van der Waals surface area contributed by atoms with Gasteiger partial charge >= 0.3 is 6.03 Å². The molecule has 3 aromatic carbocycles. The number of halogens is 2. The maximum Gasteiger partial charge on any atom is 0.321 e. The summed E-state index contributed by atoms with van der Waals surface area (Å²) in [5.41, 5.74) is 3.24. The van der Waals surface area contributed by atoms with Crippen molar-refractivity contribution in [1.29, 1.82) is 0 Å². The quantitative estimate of drug-likeness (QED) is 0.440. The van der Waals surface area contributed by atoms with Gasteiger partial charge in [-0.2, -0.15) is 4.31 Å². The summed E-state index contributed by atoms with van der Waals surface area (Å²) in [6.45, 7) is 3.95. The highest BCUT2D eigenvalue weighted by Crippen LogP contribution is 2.27. The first-order valence-electron chi connectivity index (χ1n) is 12.0. The summed E-state index contributed by atoms with van der Waals surface area (Å²) in [5.74, 6) is -0.497. The van der Waals surface area contributed by atoms with E-state index in [0.717, 1.165) is 16.7 Å². The number of benzene rings is 3. The van der Waals surface area contributed by atoms with Gasteiger partial charge in [0.05, 0.1) is 15.6 Å². The molecule has 1 saturated heterocycles. The van der Waals surface area contributed by atoms with E-state index in [1.165, 1.54) is 27.4 Å². The summed E-state index contributed by atoms with van der Waals surface area (Å²) in [5, 5.41) is 6.24. The second kappa shape index (κ2) is 11.7. The van der Waals surface area contributed by atoms with Crippen LogP contribution in [0.3, 0.4) is 0 Å². The molecule has 1 aliphatic heterocycles. The molecule has 38 heavy (non-hydrogen) atoms. The zero-order chi connectivity index (χ0) is 27.4. The molecule has 11 heteroatoms. The van der Waals surface area contributed by atoms with Crippen molar-refractivity contribution in [3.05, 3.63) is 93.5 Å². The average Bonchev–Trinajstić information content (AvgIpc) is 2.89. The predicted octanol–water partition coefficient (Wildman–Crippen LogP) is 4.83. The highest BCUT2D eigenvalue weighted by molar-refractivity contribution is 7.89. The Morgan fingerprint density at radius 3 is 2.18 bits per heavy atom. The number of nitrogens with one attached hydrogen (secondary N) is 2. The van der Waals surface area contributed by atoms with Gasteiger partial charge in [0.2, 0.25) is 15.9 Å². The van der Waals surface area contributed by atoms with Crippen molar-refractivity contribution < 1.29 is 18.0 Å². The van der Waals surface area contributed by atoms with E-state index in [9.17, 15) is 18.0 Å². The number of piperazine rings is 1. The number of hydrogen-bond donors (Lipinski definition) is 2. The number of hydrogen-bond acceptors (Lipinski definition) is 4. The summed E-state index contributed by atoms with van der Waals surface area (Å²) >= 11 is 12.1. The lowest BCUT2D eigenvalue weighted by molar-refractivity contribution is -0.126. The molecule has 1 atom stereocenters. The van der Waals surface area contributed by atoms with Crippen molar-refractivity contribution >= 4 is 50.9 Å². The molecule has 8 nitrogen and oxygen atoms in total. The highest BCUT2D eigenvalue weighted by Gasteiger charge is 2.41. The third-order valence-corrected chi connectivity index (χ3v) is 8.78. The fraction of sp³-hybridized carbons (Fsp3) is 0.259. The van der Waals surface area contributed by atoms with E-state index >= 15 is 0 Å². The fourth-order valence-electron chi connectivity index (χ4n) is 4.10. The van der Waals surface area contributed by atoms with Crippen molar-refractivity contribution in [2.24, 2.45) is 0 Å². The molecule has 1 fully saturated rings. The highest BCUT2D eigenvalue weighted by atomic mass is 35.5. The van der Waals surface area contributed by atoms with E-state index in [4.69, 9.17) is 23.2 Å². The maximum absolute atomic E-state index is 13.6. The lowest BCUT2D eigenvalue weighted by Gasteiger charge is -2.39. The van der Waals surface area contributed by atoms with Crippen molar-refractivity contribution in [1.82, 2.24) is 14.5 Å². The van der Waals surface area contributed by atoms with E-state index in [1.54, 1.807) is 24.3 Å².